The Balaban J connectivity index is 1.96. The smallest absolute Gasteiger partial charge is 0.270 e. The van der Waals surface area contributed by atoms with Crippen LogP contribution in [0.5, 0.6) is 0 Å². The molecule has 1 saturated heterocycles. The molecule has 1 unspecified atom stereocenters. The van der Waals surface area contributed by atoms with Gasteiger partial charge in [-0.15, -0.1) is 0 Å². The van der Waals surface area contributed by atoms with Crippen molar-refractivity contribution in [2.75, 3.05) is 18.4 Å². The van der Waals surface area contributed by atoms with Crippen molar-refractivity contribution in [1.82, 2.24) is 4.31 Å². The number of nitrogens with one attached hydrogen (secondary N) is 1. The molecule has 24 heavy (non-hydrogen) atoms. The summed E-state index contributed by atoms with van der Waals surface area (Å²) in [6.45, 7) is 2.99. The molecule has 1 heterocycles. The van der Waals surface area contributed by atoms with Gasteiger partial charge in [0.2, 0.25) is 10.0 Å². The van der Waals surface area contributed by atoms with E-state index in [4.69, 9.17) is 0 Å². The van der Waals surface area contributed by atoms with E-state index in [-0.39, 0.29) is 16.6 Å². The van der Waals surface area contributed by atoms with Gasteiger partial charge in [0.15, 0.2) is 0 Å². The fraction of sp³-hybridized carbons (Fsp3) is 0.625. The number of non-ortho nitro benzene ring substituents is 1. The van der Waals surface area contributed by atoms with Crippen molar-refractivity contribution in [3.8, 4) is 0 Å². The van der Waals surface area contributed by atoms with Gasteiger partial charge in [-0.25, -0.2) is 8.42 Å². The predicted octanol–water partition coefficient (Wildman–Crippen LogP) is 2.98. The fourth-order valence-electron chi connectivity index (χ4n) is 3.33. The van der Waals surface area contributed by atoms with Crippen molar-refractivity contribution in [1.29, 1.82) is 0 Å². The molecule has 1 saturated carbocycles. The molecule has 1 aliphatic heterocycles. The maximum atomic E-state index is 12.9. The van der Waals surface area contributed by atoms with Gasteiger partial charge in [-0.05, 0) is 44.6 Å². The highest BCUT2D eigenvalue weighted by Gasteiger charge is 2.32. The number of rotatable bonds is 6. The summed E-state index contributed by atoms with van der Waals surface area (Å²) in [5.41, 5.74) is 0.265. The number of hydrogen-bond donors (Lipinski definition) is 1. The Bertz CT molecular complexity index is 725. The van der Waals surface area contributed by atoms with Gasteiger partial charge < -0.3 is 5.32 Å². The fourth-order valence-corrected chi connectivity index (χ4v) is 5.02. The number of nitrogens with zero attached hydrogens (tertiary/aromatic N) is 2. The van der Waals surface area contributed by atoms with E-state index in [0.29, 0.717) is 24.7 Å². The van der Waals surface area contributed by atoms with E-state index in [1.165, 1.54) is 28.9 Å². The average molecular weight is 353 g/mol. The number of nitro benzene ring substituents is 1. The van der Waals surface area contributed by atoms with E-state index in [2.05, 4.69) is 5.32 Å². The standard InChI is InChI=1S/C16H23N3O4S/c1-12(13-5-4-6-13)17-15-8-7-14(19(20)21)11-16(15)24(22,23)18-9-2-3-10-18/h7-8,11-13,17H,2-6,9-10H2,1H3. The van der Waals surface area contributed by atoms with Crippen LogP contribution in [0.15, 0.2) is 23.1 Å². The average Bonchev–Trinajstić information content (AvgIpc) is 3.00. The summed E-state index contributed by atoms with van der Waals surface area (Å²) in [6.07, 6.45) is 5.13. The van der Waals surface area contributed by atoms with E-state index >= 15 is 0 Å². The van der Waals surface area contributed by atoms with Gasteiger partial charge in [-0.3, -0.25) is 10.1 Å². The zero-order valence-corrected chi connectivity index (χ0v) is 14.6. The van der Waals surface area contributed by atoms with Gasteiger partial charge >= 0.3 is 0 Å². The Morgan fingerprint density at radius 3 is 2.46 bits per heavy atom. The van der Waals surface area contributed by atoms with Crippen LogP contribution >= 0.6 is 0 Å². The SMILES string of the molecule is CC(Nc1ccc([N+](=O)[O-])cc1S(=O)(=O)N1CCCC1)C1CCC1. The largest absolute Gasteiger partial charge is 0.381 e. The minimum absolute atomic E-state index is 0.0183. The zero-order chi connectivity index (χ0) is 17.3. The molecule has 2 fully saturated rings. The van der Waals surface area contributed by atoms with Crippen molar-refractivity contribution in [3.05, 3.63) is 28.3 Å². The number of sulfonamides is 1. The lowest BCUT2D eigenvalue weighted by Crippen LogP contribution is -2.33. The number of benzene rings is 1. The van der Waals surface area contributed by atoms with Crippen molar-refractivity contribution in [2.45, 2.75) is 50.0 Å². The van der Waals surface area contributed by atoms with Gasteiger partial charge in [0.05, 0.1) is 10.6 Å². The van der Waals surface area contributed by atoms with Gasteiger partial charge in [0.25, 0.3) is 5.69 Å². The second-order valence-electron chi connectivity index (χ2n) is 6.67. The third kappa shape index (κ3) is 3.25. The first-order valence-corrected chi connectivity index (χ1v) is 9.89. The summed E-state index contributed by atoms with van der Waals surface area (Å²) in [5.74, 6) is 0.530. The molecule has 0 bridgehead atoms. The number of nitro groups is 1. The second kappa shape index (κ2) is 6.68. The third-order valence-corrected chi connectivity index (χ3v) is 7.04. The monoisotopic (exact) mass is 353 g/mol. The second-order valence-corrected chi connectivity index (χ2v) is 8.58. The summed E-state index contributed by atoms with van der Waals surface area (Å²) in [7, 11) is -3.72. The molecule has 2 aliphatic rings. The van der Waals surface area contributed by atoms with E-state index in [9.17, 15) is 18.5 Å². The number of anilines is 1. The summed E-state index contributed by atoms with van der Waals surface area (Å²) in [6, 6.07) is 4.21. The maximum absolute atomic E-state index is 12.9. The lowest BCUT2D eigenvalue weighted by Gasteiger charge is -2.33. The Morgan fingerprint density at radius 1 is 1.25 bits per heavy atom. The summed E-state index contributed by atoms with van der Waals surface area (Å²) >= 11 is 0. The normalized spacial score (nSPS) is 20.5. The van der Waals surface area contributed by atoms with Crippen molar-refractivity contribution < 1.29 is 13.3 Å². The highest BCUT2D eigenvalue weighted by Crippen LogP contribution is 2.35. The molecule has 3 rings (SSSR count). The summed E-state index contributed by atoms with van der Waals surface area (Å²) in [5, 5.41) is 14.4. The van der Waals surface area contributed by atoms with Crippen LogP contribution in [-0.2, 0) is 10.0 Å². The van der Waals surface area contributed by atoms with Crippen LogP contribution in [0.3, 0.4) is 0 Å². The van der Waals surface area contributed by atoms with E-state index in [1.807, 2.05) is 6.92 Å². The molecule has 132 valence electrons. The Morgan fingerprint density at radius 2 is 1.92 bits per heavy atom. The van der Waals surface area contributed by atoms with Gasteiger partial charge in [0.1, 0.15) is 4.90 Å². The Labute approximate surface area is 142 Å². The molecule has 1 aromatic carbocycles. The third-order valence-electron chi connectivity index (χ3n) is 5.10. The van der Waals surface area contributed by atoms with E-state index in [1.54, 1.807) is 0 Å². The Hall–Kier alpha value is -1.67. The minimum Gasteiger partial charge on any atom is -0.381 e. The molecule has 8 heteroatoms. The molecule has 1 aromatic rings. The molecule has 1 aliphatic carbocycles. The maximum Gasteiger partial charge on any atom is 0.270 e. The summed E-state index contributed by atoms with van der Waals surface area (Å²) < 4.78 is 27.3. The van der Waals surface area contributed by atoms with E-state index < -0.39 is 14.9 Å². The quantitative estimate of drug-likeness (QED) is 0.627. The van der Waals surface area contributed by atoms with Crippen LogP contribution < -0.4 is 5.32 Å². The van der Waals surface area contributed by atoms with Gasteiger partial charge in [-0.2, -0.15) is 4.31 Å². The molecular formula is C16H23N3O4S. The minimum atomic E-state index is -3.72. The van der Waals surface area contributed by atoms with Crippen LogP contribution in [0.25, 0.3) is 0 Å². The van der Waals surface area contributed by atoms with Crippen LogP contribution in [-0.4, -0.2) is 36.8 Å². The highest BCUT2D eigenvalue weighted by atomic mass is 32.2. The molecule has 1 atom stereocenters. The molecule has 0 spiro atoms. The van der Waals surface area contributed by atoms with Crippen molar-refractivity contribution >= 4 is 21.4 Å². The molecular weight excluding hydrogens is 330 g/mol. The lowest BCUT2D eigenvalue weighted by atomic mass is 9.80. The van der Waals surface area contributed by atoms with Crippen LogP contribution in [0.2, 0.25) is 0 Å². The van der Waals surface area contributed by atoms with Crippen LogP contribution in [0.4, 0.5) is 11.4 Å². The molecule has 7 nitrogen and oxygen atoms in total. The lowest BCUT2D eigenvalue weighted by molar-refractivity contribution is -0.385. The van der Waals surface area contributed by atoms with E-state index in [0.717, 1.165) is 25.7 Å². The first-order valence-electron chi connectivity index (χ1n) is 8.45. The summed E-state index contributed by atoms with van der Waals surface area (Å²) in [4.78, 5) is 10.5. The van der Waals surface area contributed by atoms with Crippen molar-refractivity contribution in [3.63, 3.8) is 0 Å². The van der Waals surface area contributed by atoms with Gasteiger partial charge in [0, 0.05) is 31.3 Å². The molecule has 0 radical (unpaired) electrons. The predicted molar refractivity (Wildman–Crippen MR) is 91.5 cm³/mol. The first-order chi connectivity index (χ1) is 11.4. The highest BCUT2D eigenvalue weighted by molar-refractivity contribution is 7.89. The van der Waals surface area contributed by atoms with Crippen LogP contribution in [0, 0.1) is 16.0 Å². The number of hydrogen-bond acceptors (Lipinski definition) is 5. The van der Waals surface area contributed by atoms with Crippen LogP contribution in [0.1, 0.15) is 39.0 Å². The molecule has 0 amide bonds. The zero-order valence-electron chi connectivity index (χ0n) is 13.8. The van der Waals surface area contributed by atoms with Crippen molar-refractivity contribution in [2.24, 2.45) is 5.92 Å². The topological polar surface area (TPSA) is 92.5 Å². The molecule has 1 N–H and O–H groups in total. The molecule has 0 aromatic heterocycles. The van der Waals surface area contributed by atoms with Gasteiger partial charge in [-0.1, -0.05) is 6.42 Å². The Kier molecular flexibility index (Phi) is 4.78. The first kappa shape index (κ1) is 17.2.